The van der Waals surface area contributed by atoms with Gasteiger partial charge in [0.2, 0.25) is 0 Å². The molecular weight excluding hydrogens is 283 g/mol. The Morgan fingerprint density at radius 1 is 1.40 bits per heavy atom. The molecule has 0 radical (unpaired) electrons. The van der Waals surface area contributed by atoms with Crippen LogP contribution < -0.4 is 5.32 Å². The second-order valence-electron chi connectivity index (χ2n) is 3.64. The van der Waals surface area contributed by atoms with Crippen LogP contribution in [0.2, 0.25) is 0 Å². The van der Waals surface area contributed by atoms with E-state index < -0.39 is 24.3 Å². The van der Waals surface area contributed by atoms with E-state index in [1.54, 1.807) is 18.2 Å². The van der Waals surface area contributed by atoms with Gasteiger partial charge in [0.15, 0.2) is 6.61 Å². The lowest BCUT2D eigenvalue weighted by molar-refractivity contribution is -0.145. The number of ether oxygens (including phenoxy) is 1. The highest BCUT2D eigenvalue weighted by atomic mass is 32.2. The number of esters is 1. The van der Waals surface area contributed by atoms with Crippen molar-refractivity contribution in [2.75, 3.05) is 18.9 Å². The van der Waals surface area contributed by atoms with E-state index in [9.17, 15) is 14.0 Å². The Hall–Kier alpha value is -2.07. The topological polar surface area (TPSA) is 79.2 Å². The lowest BCUT2D eigenvalue weighted by Crippen LogP contribution is -2.29. The largest absolute Gasteiger partial charge is 0.455 e. The molecule has 0 heterocycles. The van der Waals surface area contributed by atoms with Crippen LogP contribution in [0.5, 0.6) is 0 Å². The third-order valence-electron chi connectivity index (χ3n) is 2.11. The molecule has 0 spiro atoms. The molecule has 0 unspecified atom stereocenters. The number of benzene rings is 1. The van der Waals surface area contributed by atoms with Crippen LogP contribution in [-0.2, 0) is 14.3 Å². The molecule has 0 atom stereocenters. The molecule has 1 aromatic carbocycles. The monoisotopic (exact) mass is 296 g/mol. The first-order valence-electron chi connectivity index (χ1n) is 5.80. The highest BCUT2D eigenvalue weighted by molar-refractivity contribution is 8.00. The number of hydrogen-bond acceptors (Lipinski definition) is 5. The third-order valence-corrected chi connectivity index (χ3v) is 3.13. The first-order valence-corrected chi connectivity index (χ1v) is 6.78. The molecule has 106 valence electrons. The summed E-state index contributed by atoms with van der Waals surface area (Å²) in [6.45, 7) is -0.182. The summed E-state index contributed by atoms with van der Waals surface area (Å²) in [4.78, 5) is 22.9. The average Bonchev–Trinajstić information content (AvgIpc) is 2.44. The number of carbonyl (C=O) groups is 2. The standard InChI is InChI=1S/C13H13FN2O3S/c14-10-4-1-2-5-11(10)20-9-13(18)19-8-12(17)16-7-3-6-15/h1-2,4-5H,3,7-9H2,(H,16,17). The van der Waals surface area contributed by atoms with E-state index in [-0.39, 0.29) is 18.7 Å². The molecular formula is C13H13FN2O3S. The molecule has 0 fully saturated rings. The van der Waals surface area contributed by atoms with E-state index in [4.69, 9.17) is 10.00 Å². The molecule has 0 saturated carbocycles. The molecule has 1 amide bonds. The molecule has 0 aromatic heterocycles. The van der Waals surface area contributed by atoms with Crippen molar-refractivity contribution in [1.29, 1.82) is 5.26 Å². The number of hydrogen-bond donors (Lipinski definition) is 1. The number of halogens is 1. The van der Waals surface area contributed by atoms with Crippen LogP contribution in [0.25, 0.3) is 0 Å². The number of thioether (sulfide) groups is 1. The lowest BCUT2D eigenvalue weighted by Gasteiger charge is -2.05. The van der Waals surface area contributed by atoms with Gasteiger partial charge in [-0.25, -0.2) is 4.39 Å². The van der Waals surface area contributed by atoms with Crippen molar-refractivity contribution in [2.24, 2.45) is 0 Å². The van der Waals surface area contributed by atoms with E-state index in [0.29, 0.717) is 4.90 Å². The zero-order valence-corrected chi connectivity index (χ0v) is 11.4. The zero-order valence-electron chi connectivity index (χ0n) is 10.6. The average molecular weight is 296 g/mol. The lowest BCUT2D eigenvalue weighted by atomic mass is 10.3. The Labute approximate surface area is 120 Å². The molecule has 0 bridgehead atoms. The van der Waals surface area contributed by atoms with Gasteiger partial charge in [-0.2, -0.15) is 5.26 Å². The molecule has 0 saturated heterocycles. The Balaban J connectivity index is 2.23. The minimum absolute atomic E-state index is 0.0770. The fourth-order valence-electron chi connectivity index (χ4n) is 1.20. The molecule has 1 rings (SSSR count). The normalized spacial score (nSPS) is 9.60. The van der Waals surface area contributed by atoms with Crippen molar-refractivity contribution in [2.45, 2.75) is 11.3 Å². The van der Waals surface area contributed by atoms with Crippen molar-refractivity contribution in [3.05, 3.63) is 30.1 Å². The van der Waals surface area contributed by atoms with E-state index in [1.807, 2.05) is 6.07 Å². The van der Waals surface area contributed by atoms with Crippen LogP contribution in [0.1, 0.15) is 6.42 Å². The number of nitriles is 1. The molecule has 1 N–H and O–H groups in total. The van der Waals surface area contributed by atoms with Crippen LogP contribution in [-0.4, -0.2) is 30.8 Å². The third kappa shape index (κ3) is 6.20. The molecule has 0 aliphatic heterocycles. The van der Waals surface area contributed by atoms with Gasteiger partial charge in [-0.05, 0) is 12.1 Å². The highest BCUT2D eigenvalue weighted by Crippen LogP contribution is 2.20. The van der Waals surface area contributed by atoms with Crippen molar-refractivity contribution in [3.8, 4) is 6.07 Å². The summed E-state index contributed by atoms with van der Waals surface area (Å²) in [5, 5.41) is 10.7. The predicted octanol–water partition coefficient (Wildman–Crippen LogP) is 1.49. The van der Waals surface area contributed by atoms with Gasteiger partial charge in [-0.1, -0.05) is 12.1 Å². The maximum Gasteiger partial charge on any atom is 0.316 e. The summed E-state index contributed by atoms with van der Waals surface area (Å²) >= 11 is 1.00. The van der Waals surface area contributed by atoms with Crippen LogP contribution in [0.4, 0.5) is 4.39 Å². The van der Waals surface area contributed by atoms with Gasteiger partial charge in [-0.15, -0.1) is 11.8 Å². The predicted molar refractivity (Wildman–Crippen MR) is 71.3 cm³/mol. The van der Waals surface area contributed by atoms with E-state index in [1.165, 1.54) is 6.07 Å². The fraction of sp³-hybridized carbons (Fsp3) is 0.308. The van der Waals surface area contributed by atoms with Crippen molar-refractivity contribution in [1.82, 2.24) is 5.32 Å². The molecule has 7 heteroatoms. The zero-order chi connectivity index (χ0) is 14.8. The maximum absolute atomic E-state index is 13.3. The molecule has 0 aliphatic rings. The summed E-state index contributed by atoms with van der Waals surface area (Å²) in [7, 11) is 0. The smallest absolute Gasteiger partial charge is 0.316 e. The minimum Gasteiger partial charge on any atom is -0.455 e. The van der Waals surface area contributed by atoms with Gasteiger partial charge in [0.05, 0.1) is 18.2 Å². The minimum atomic E-state index is -0.603. The fourth-order valence-corrected chi connectivity index (χ4v) is 1.93. The van der Waals surface area contributed by atoms with E-state index in [0.717, 1.165) is 11.8 Å². The Morgan fingerprint density at radius 3 is 2.85 bits per heavy atom. The van der Waals surface area contributed by atoms with Gasteiger partial charge in [0.25, 0.3) is 5.91 Å². The Bertz CT molecular complexity index is 517. The van der Waals surface area contributed by atoms with Gasteiger partial charge >= 0.3 is 5.97 Å². The summed E-state index contributed by atoms with van der Waals surface area (Å²) in [5.41, 5.74) is 0. The quantitative estimate of drug-likeness (QED) is 0.468. The number of rotatable bonds is 7. The van der Waals surface area contributed by atoms with Crippen LogP contribution >= 0.6 is 11.8 Å². The molecule has 5 nitrogen and oxygen atoms in total. The summed E-state index contributed by atoms with van der Waals surface area (Å²) < 4.78 is 18.0. The number of amides is 1. The summed E-state index contributed by atoms with van der Waals surface area (Å²) in [6, 6.07) is 7.95. The first-order chi connectivity index (χ1) is 9.63. The number of carbonyl (C=O) groups excluding carboxylic acids is 2. The van der Waals surface area contributed by atoms with E-state index in [2.05, 4.69) is 5.32 Å². The van der Waals surface area contributed by atoms with Crippen molar-refractivity contribution in [3.63, 3.8) is 0 Å². The van der Waals surface area contributed by atoms with Crippen LogP contribution in [0, 0.1) is 17.1 Å². The first kappa shape index (κ1) is 16.0. The van der Waals surface area contributed by atoms with Gasteiger partial charge < -0.3 is 10.1 Å². The Kier molecular flexibility index (Phi) is 7.14. The summed E-state index contributed by atoms with van der Waals surface area (Å²) in [5.74, 6) is -1.55. The highest BCUT2D eigenvalue weighted by Gasteiger charge is 2.09. The maximum atomic E-state index is 13.3. The summed E-state index contributed by atoms with van der Waals surface area (Å²) in [6.07, 6.45) is 0.197. The molecule has 20 heavy (non-hydrogen) atoms. The second-order valence-corrected chi connectivity index (χ2v) is 4.66. The van der Waals surface area contributed by atoms with Gasteiger partial charge in [0, 0.05) is 11.4 Å². The Morgan fingerprint density at radius 2 is 2.15 bits per heavy atom. The molecule has 0 aliphatic carbocycles. The van der Waals surface area contributed by atoms with Crippen LogP contribution in [0.15, 0.2) is 29.2 Å². The van der Waals surface area contributed by atoms with Crippen molar-refractivity contribution < 1.29 is 18.7 Å². The number of nitrogens with one attached hydrogen (secondary N) is 1. The van der Waals surface area contributed by atoms with Gasteiger partial charge in [0.1, 0.15) is 5.82 Å². The number of nitrogens with zero attached hydrogens (tertiary/aromatic N) is 1. The van der Waals surface area contributed by atoms with E-state index >= 15 is 0 Å². The van der Waals surface area contributed by atoms with Crippen molar-refractivity contribution >= 4 is 23.6 Å². The van der Waals surface area contributed by atoms with Crippen LogP contribution in [0.3, 0.4) is 0 Å². The second kappa shape index (κ2) is 8.93. The van der Waals surface area contributed by atoms with Gasteiger partial charge in [-0.3, -0.25) is 9.59 Å². The SMILES string of the molecule is N#CCCNC(=O)COC(=O)CSc1ccccc1F. The molecule has 1 aromatic rings.